The number of rotatable bonds is 8. The van der Waals surface area contributed by atoms with Crippen LogP contribution in [0.3, 0.4) is 0 Å². The third-order valence-corrected chi connectivity index (χ3v) is 6.20. The van der Waals surface area contributed by atoms with Gasteiger partial charge in [0.05, 0.1) is 11.5 Å². The molecule has 1 aliphatic rings. The van der Waals surface area contributed by atoms with Gasteiger partial charge < -0.3 is 9.47 Å². The van der Waals surface area contributed by atoms with E-state index < -0.39 is 23.1 Å². The Labute approximate surface area is 199 Å². The van der Waals surface area contributed by atoms with Crippen LogP contribution >= 0.6 is 0 Å². The standard InChI is InChI=1S/C21H26N2O5S.C2H3F3/c1-2-15-27-18-9-6-10-19(20(18)21(24)22-25)29(26)23-13-11-17(12-14-23)28-16-7-4-3-5-8-16;1-2(3,4)5/h3-10,17,25H,2,11-15H2,1H3,(H,22,24);1H3. The maximum absolute atomic E-state index is 13.2. The van der Waals surface area contributed by atoms with Crippen LogP contribution in [0.1, 0.15) is 43.5 Å². The molecule has 2 N–H and O–H groups in total. The maximum Gasteiger partial charge on any atom is 0.386 e. The molecule has 2 aromatic rings. The van der Waals surface area contributed by atoms with E-state index in [1.807, 2.05) is 41.6 Å². The van der Waals surface area contributed by atoms with Crippen molar-refractivity contribution in [2.24, 2.45) is 0 Å². The number of amides is 1. The molecule has 1 saturated heterocycles. The van der Waals surface area contributed by atoms with Crippen LogP contribution in [0.4, 0.5) is 13.2 Å². The molecule has 0 saturated carbocycles. The largest absolute Gasteiger partial charge is 0.493 e. The van der Waals surface area contributed by atoms with Crippen molar-refractivity contribution < 1.29 is 36.9 Å². The topological polar surface area (TPSA) is 88.1 Å². The SMILES string of the molecule is CC(F)(F)F.CCCOc1cccc(S(=O)N2CCC(Oc3ccccc3)CC2)c1C(=O)NO. The van der Waals surface area contributed by atoms with Gasteiger partial charge in [-0.3, -0.25) is 10.0 Å². The van der Waals surface area contributed by atoms with Crippen molar-refractivity contribution in [3.05, 3.63) is 54.1 Å². The number of benzene rings is 2. The van der Waals surface area contributed by atoms with E-state index in [0.717, 1.165) is 25.0 Å². The van der Waals surface area contributed by atoms with Crippen molar-refractivity contribution in [1.82, 2.24) is 9.79 Å². The van der Waals surface area contributed by atoms with Crippen LogP contribution in [0, 0.1) is 0 Å². The number of ether oxygens (including phenoxy) is 2. The first kappa shape index (κ1) is 27.6. The molecule has 1 aliphatic heterocycles. The van der Waals surface area contributed by atoms with Crippen LogP contribution in [-0.4, -0.2) is 51.6 Å². The van der Waals surface area contributed by atoms with E-state index in [0.29, 0.717) is 30.3 Å². The number of hydrogen-bond donors (Lipinski definition) is 2. The van der Waals surface area contributed by atoms with Crippen LogP contribution < -0.4 is 15.0 Å². The minimum Gasteiger partial charge on any atom is -0.493 e. The number of nitrogens with one attached hydrogen (secondary N) is 1. The number of halogens is 3. The van der Waals surface area contributed by atoms with E-state index in [9.17, 15) is 22.2 Å². The van der Waals surface area contributed by atoms with Gasteiger partial charge in [0.25, 0.3) is 5.91 Å². The molecule has 0 aliphatic carbocycles. The van der Waals surface area contributed by atoms with Gasteiger partial charge in [-0.1, -0.05) is 31.2 Å². The highest BCUT2D eigenvalue weighted by Gasteiger charge is 2.29. The average Bonchev–Trinajstić information content (AvgIpc) is 2.81. The van der Waals surface area contributed by atoms with Crippen LogP contribution in [0.25, 0.3) is 0 Å². The smallest absolute Gasteiger partial charge is 0.386 e. The zero-order chi connectivity index (χ0) is 25.1. The summed E-state index contributed by atoms with van der Waals surface area (Å²) in [7, 11) is -1.55. The predicted molar refractivity (Wildman–Crippen MR) is 121 cm³/mol. The number of nitrogens with zero attached hydrogens (tertiary/aromatic N) is 1. The molecular formula is C23H29F3N2O5S. The third-order valence-electron chi connectivity index (χ3n) is 4.65. The van der Waals surface area contributed by atoms with Crippen molar-refractivity contribution in [2.45, 2.75) is 50.3 Å². The Hall–Kier alpha value is -2.63. The Morgan fingerprint density at radius 2 is 1.76 bits per heavy atom. The summed E-state index contributed by atoms with van der Waals surface area (Å²) in [6, 6.07) is 14.6. The molecule has 2 aromatic carbocycles. The molecule has 1 atom stereocenters. The van der Waals surface area contributed by atoms with E-state index in [1.54, 1.807) is 23.7 Å². The normalized spacial score (nSPS) is 15.6. The number of para-hydroxylation sites is 1. The monoisotopic (exact) mass is 502 g/mol. The van der Waals surface area contributed by atoms with Crippen molar-refractivity contribution in [3.8, 4) is 11.5 Å². The molecule has 188 valence electrons. The van der Waals surface area contributed by atoms with E-state index in [1.165, 1.54) is 0 Å². The van der Waals surface area contributed by atoms with Crippen molar-refractivity contribution in [2.75, 3.05) is 19.7 Å². The van der Waals surface area contributed by atoms with Crippen LogP contribution in [0.5, 0.6) is 11.5 Å². The molecule has 0 bridgehead atoms. The van der Waals surface area contributed by atoms with Crippen LogP contribution in [0.15, 0.2) is 53.4 Å². The lowest BCUT2D eigenvalue weighted by atomic mass is 10.1. The Morgan fingerprint density at radius 3 is 2.32 bits per heavy atom. The molecule has 7 nitrogen and oxygen atoms in total. The highest BCUT2D eigenvalue weighted by atomic mass is 32.2. The third kappa shape index (κ3) is 8.96. The number of piperidine rings is 1. The van der Waals surface area contributed by atoms with Gasteiger partial charge in [-0.15, -0.1) is 0 Å². The highest BCUT2D eigenvalue weighted by molar-refractivity contribution is 7.82. The molecular weight excluding hydrogens is 473 g/mol. The molecule has 3 rings (SSSR count). The molecule has 0 aromatic heterocycles. The van der Waals surface area contributed by atoms with E-state index >= 15 is 0 Å². The zero-order valence-electron chi connectivity index (χ0n) is 19.0. The fourth-order valence-corrected chi connectivity index (χ4v) is 4.60. The van der Waals surface area contributed by atoms with Gasteiger partial charge in [0.2, 0.25) is 0 Å². The fraction of sp³-hybridized carbons (Fsp3) is 0.435. The molecule has 1 fully saturated rings. The van der Waals surface area contributed by atoms with Crippen molar-refractivity contribution in [3.63, 3.8) is 0 Å². The first-order chi connectivity index (χ1) is 16.1. The Balaban J connectivity index is 0.000000739. The summed E-state index contributed by atoms with van der Waals surface area (Å²) >= 11 is 0. The van der Waals surface area contributed by atoms with Gasteiger partial charge in [0.1, 0.15) is 34.2 Å². The number of carbonyl (C=O) groups excluding carboxylic acids is 1. The van der Waals surface area contributed by atoms with Gasteiger partial charge in [-0.05, 0) is 43.5 Å². The fourth-order valence-electron chi connectivity index (χ4n) is 3.21. The number of hydrogen-bond acceptors (Lipinski definition) is 5. The number of alkyl halides is 3. The summed E-state index contributed by atoms with van der Waals surface area (Å²) in [5.41, 5.74) is 1.74. The summed E-state index contributed by atoms with van der Waals surface area (Å²) in [6.07, 6.45) is -1.71. The van der Waals surface area contributed by atoms with Gasteiger partial charge in [0.15, 0.2) is 0 Å². The lowest BCUT2D eigenvalue weighted by molar-refractivity contribution is -0.110. The molecule has 11 heteroatoms. The minimum absolute atomic E-state index is 0.0603. The summed E-state index contributed by atoms with van der Waals surface area (Å²) in [4.78, 5) is 12.6. The summed E-state index contributed by atoms with van der Waals surface area (Å²) < 4.78 is 57.7. The first-order valence-electron chi connectivity index (χ1n) is 10.8. The molecule has 1 heterocycles. The van der Waals surface area contributed by atoms with Gasteiger partial charge in [-0.2, -0.15) is 13.2 Å². The molecule has 1 amide bonds. The maximum atomic E-state index is 13.2. The zero-order valence-corrected chi connectivity index (χ0v) is 19.8. The first-order valence-corrected chi connectivity index (χ1v) is 11.9. The second-order valence-corrected chi connectivity index (χ2v) is 8.96. The van der Waals surface area contributed by atoms with E-state index in [4.69, 9.17) is 14.7 Å². The Kier molecular flexibility index (Phi) is 10.8. The van der Waals surface area contributed by atoms with Crippen LogP contribution in [0.2, 0.25) is 0 Å². The molecule has 1 unspecified atom stereocenters. The van der Waals surface area contributed by atoms with E-state index in [-0.39, 0.29) is 18.6 Å². The second-order valence-electron chi connectivity index (χ2n) is 7.51. The Morgan fingerprint density at radius 1 is 1.15 bits per heavy atom. The number of hydroxylamine groups is 1. The minimum atomic E-state index is -4.00. The molecule has 0 radical (unpaired) electrons. The predicted octanol–water partition coefficient (Wildman–Crippen LogP) is 4.73. The number of carbonyl (C=O) groups is 1. The average molecular weight is 503 g/mol. The molecule has 34 heavy (non-hydrogen) atoms. The summed E-state index contributed by atoms with van der Waals surface area (Å²) in [5.74, 6) is 0.406. The van der Waals surface area contributed by atoms with Crippen molar-refractivity contribution in [1.29, 1.82) is 0 Å². The van der Waals surface area contributed by atoms with Crippen molar-refractivity contribution >= 4 is 16.9 Å². The second kappa shape index (κ2) is 13.3. The van der Waals surface area contributed by atoms with Gasteiger partial charge in [-0.25, -0.2) is 14.0 Å². The lowest BCUT2D eigenvalue weighted by Crippen LogP contribution is -2.39. The van der Waals surface area contributed by atoms with Gasteiger partial charge >= 0.3 is 6.18 Å². The quantitative estimate of drug-likeness (QED) is 0.403. The van der Waals surface area contributed by atoms with E-state index in [2.05, 4.69) is 0 Å². The highest BCUT2D eigenvalue weighted by Crippen LogP contribution is 2.28. The van der Waals surface area contributed by atoms with Crippen LogP contribution in [-0.2, 0) is 11.0 Å². The summed E-state index contributed by atoms with van der Waals surface area (Å²) in [5, 5.41) is 9.15. The summed E-state index contributed by atoms with van der Waals surface area (Å²) in [6.45, 7) is 3.71. The van der Waals surface area contributed by atoms with Gasteiger partial charge in [0, 0.05) is 20.0 Å². The lowest BCUT2D eigenvalue weighted by Gasteiger charge is -2.31. The Bertz CT molecular complexity index is 930. The molecule has 0 spiro atoms.